The second-order valence-electron chi connectivity index (χ2n) is 3.93. The molecule has 0 bridgehead atoms. The average Bonchev–Trinajstić information content (AvgIpc) is 2.45. The second kappa shape index (κ2) is 6.40. The molecular formula is C16H15NO. The van der Waals surface area contributed by atoms with Gasteiger partial charge in [0, 0.05) is 18.4 Å². The monoisotopic (exact) mass is 237 g/mol. The molecule has 0 aromatic heterocycles. The highest BCUT2D eigenvalue weighted by atomic mass is 16.1. The molecule has 0 aliphatic rings. The van der Waals surface area contributed by atoms with Crippen molar-refractivity contribution in [1.82, 2.24) is 0 Å². The Balaban J connectivity index is 2.21. The van der Waals surface area contributed by atoms with Crippen LogP contribution in [0.15, 0.2) is 72.9 Å². The van der Waals surface area contributed by atoms with Crippen molar-refractivity contribution >= 4 is 12.0 Å². The molecule has 2 aromatic carbocycles. The van der Waals surface area contributed by atoms with Crippen LogP contribution in [-0.4, -0.2) is 6.29 Å². The summed E-state index contributed by atoms with van der Waals surface area (Å²) in [6, 6.07) is 20.2. The van der Waals surface area contributed by atoms with Gasteiger partial charge in [-0.25, -0.2) is 0 Å². The van der Waals surface area contributed by atoms with Crippen LogP contribution in [0.25, 0.3) is 0 Å². The van der Waals surface area contributed by atoms with Crippen LogP contribution in [0.4, 0.5) is 5.69 Å². The number of anilines is 1. The Kier molecular flexibility index (Phi) is 4.31. The van der Waals surface area contributed by atoms with Crippen LogP contribution in [0.2, 0.25) is 0 Å². The topological polar surface area (TPSA) is 20.3 Å². The maximum absolute atomic E-state index is 10.5. The standard InChI is InChI=1S/C16H15NO/c18-13-7-12-17(16-10-5-2-6-11-16)14-15-8-3-1-4-9-15/h1-13H,14H2/b12-7+. The number of nitrogens with zero attached hydrogens (tertiary/aromatic N) is 1. The smallest absolute Gasteiger partial charge is 0.144 e. The Morgan fingerprint density at radius 2 is 1.50 bits per heavy atom. The normalized spacial score (nSPS) is 10.4. The van der Waals surface area contributed by atoms with E-state index in [1.807, 2.05) is 53.4 Å². The van der Waals surface area contributed by atoms with Crippen LogP contribution in [0.3, 0.4) is 0 Å². The molecule has 0 heterocycles. The van der Waals surface area contributed by atoms with Crippen molar-refractivity contribution in [3.8, 4) is 0 Å². The predicted octanol–water partition coefficient (Wildman–Crippen LogP) is 3.41. The maximum Gasteiger partial charge on any atom is 0.144 e. The van der Waals surface area contributed by atoms with Crippen LogP contribution in [0, 0.1) is 0 Å². The van der Waals surface area contributed by atoms with Gasteiger partial charge in [0.15, 0.2) is 0 Å². The summed E-state index contributed by atoms with van der Waals surface area (Å²) in [5.41, 5.74) is 2.27. The van der Waals surface area contributed by atoms with Crippen molar-refractivity contribution in [2.75, 3.05) is 4.90 Å². The Morgan fingerprint density at radius 3 is 2.11 bits per heavy atom. The number of carbonyl (C=O) groups is 1. The lowest BCUT2D eigenvalue weighted by atomic mass is 10.2. The van der Waals surface area contributed by atoms with E-state index in [0.29, 0.717) is 0 Å². The zero-order valence-corrected chi connectivity index (χ0v) is 10.1. The summed E-state index contributed by atoms with van der Waals surface area (Å²) >= 11 is 0. The summed E-state index contributed by atoms with van der Waals surface area (Å²) in [6.07, 6.45) is 4.10. The molecule has 0 radical (unpaired) electrons. The van der Waals surface area contributed by atoms with Crippen molar-refractivity contribution in [3.05, 3.63) is 78.5 Å². The minimum Gasteiger partial charge on any atom is -0.343 e. The molecule has 2 heteroatoms. The highest BCUT2D eigenvalue weighted by Gasteiger charge is 2.02. The quantitative estimate of drug-likeness (QED) is 0.586. The second-order valence-corrected chi connectivity index (χ2v) is 3.93. The van der Waals surface area contributed by atoms with Crippen LogP contribution in [0.5, 0.6) is 0 Å². The lowest BCUT2D eigenvalue weighted by molar-refractivity contribution is -0.104. The molecule has 0 saturated carbocycles. The van der Waals surface area contributed by atoms with Gasteiger partial charge in [0.1, 0.15) is 6.29 Å². The highest BCUT2D eigenvalue weighted by molar-refractivity contribution is 5.66. The molecular weight excluding hydrogens is 222 g/mol. The van der Waals surface area contributed by atoms with E-state index in [1.165, 1.54) is 11.6 Å². The van der Waals surface area contributed by atoms with E-state index < -0.39 is 0 Å². The van der Waals surface area contributed by atoms with Gasteiger partial charge < -0.3 is 4.90 Å². The van der Waals surface area contributed by atoms with Gasteiger partial charge in [-0.2, -0.15) is 0 Å². The van der Waals surface area contributed by atoms with E-state index in [0.717, 1.165) is 18.5 Å². The largest absolute Gasteiger partial charge is 0.343 e. The van der Waals surface area contributed by atoms with E-state index >= 15 is 0 Å². The minimum absolute atomic E-state index is 0.745. The highest BCUT2D eigenvalue weighted by Crippen LogP contribution is 2.16. The molecule has 0 N–H and O–H groups in total. The first-order valence-corrected chi connectivity index (χ1v) is 5.88. The average molecular weight is 237 g/mol. The van der Waals surface area contributed by atoms with Crippen LogP contribution < -0.4 is 4.90 Å². The molecule has 0 aliphatic carbocycles. The first kappa shape index (κ1) is 12.1. The van der Waals surface area contributed by atoms with E-state index in [4.69, 9.17) is 0 Å². The summed E-state index contributed by atoms with van der Waals surface area (Å²) in [6.45, 7) is 0.745. The summed E-state index contributed by atoms with van der Waals surface area (Å²) in [5.74, 6) is 0. The number of rotatable bonds is 5. The molecule has 2 nitrogen and oxygen atoms in total. The van der Waals surface area contributed by atoms with Gasteiger partial charge in [0.25, 0.3) is 0 Å². The molecule has 2 aromatic rings. The lowest BCUT2D eigenvalue weighted by Gasteiger charge is -2.20. The van der Waals surface area contributed by atoms with E-state index in [2.05, 4.69) is 12.1 Å². The van der Waals surface area contributed by atoms with Gasteiger partial charge in [-0.1, -0.05) is 48.5 Å². The van der Waals surface area contributed by atoms with Gasteiger partial charge in [0.05, 0.1) is 0 Å². The summed E-state index contributed by atoms with van der Waals surface area (Å²) in [5, 5.41) is 0. The van der Waals surface area contributed by atoms with E-state index in [-0.39, 0.29) is 0 Å². The van der Waals surface area contributed by atoms with Crippen LogP contribution in [0.1, 0.15) is 5.56 Å². The van der Waals surface area contributed by atoms with Gasteiger partial charge >= 0.3 is 0 Å². The summed E-state index contributed by atoms with van der Waals surface area (Å²) in [4.78, 5) is 12.5. The first-order valence-electron chi connectivity index (χ1n) is 5.88. The Morgan fingerprint density at radius 1 is 0.889 bits per heavy atom. The third-order valence-corrected chi connectivity index (χ3v) is 2.63. The minimum atomic E-state index is 0.745. The van der Waals surface area contributed by atoms with Gasteiger partial charge in [-0.15, -0.1) is 0 Å². The zero-order valence-electron chi connectivity index (χ0n) is 10.1. The van der Waals surface area contributed by atoms with Crippen LogP contribution in [-0.2, 0) is 11.3 Å². The number of hydrogen-bond acceptors (Lipinski definition) is 2. The summed E-state index contributed by atoms with van der Waals surface area (Å²) in [7, 11) is 0. The van der Waals surface area contributed by atoms with Crippen molar-refractivity contribution < 1.29 is 4.79 Å². The van der Waals surface area contributed by atoms with Crippen LogP contribution >= 0.6 is 0 Å². The molecule has 0 saturated heterocycles. The number of allylic oxidation sites excluding steroid dienone is 1. The fraction of sp³-hybridized carbons (Fsp3) is 0.0625. The van der Waals surface area contributed by atoms with Crippen molar-refractivity contribution in [2.45, 2.75) is 6.54 Å². The first-order chi connectivity index (χ1) is 8.90. The molecule has 90 valence electrons. The predicted molar refractivity (Wildman–Crippen MR) is 74.3 cm³/mol. The number of benzene rings is 2. The molecule has 0 atom stereocenters. The third-order valence-electron chi connectivity index (χ3n) is 2.63. The Labute approximate surface area is 107 Å². The fourth-order valence-electron chi connectivity index (χ4n) is 1.77. The van der Waals surface area contributed by atoms with Gasteiger partial charge in [0.2, 0.25) is 0 Å². The Bertz CT molecular complexity index is 505. The van der Waals surface area contributed by atoms with Crippen molar-refractivity contribution in [3.63, 3.8) is 0 Å². The molecule has 2 rings (SSSR count). The number of hydrogen-bond donors (Lipinski definition) is 0. The van der Waals surface area contributed by atoms with E-state index in [9.17, 15) is 4.79 Å². The number of aldehydes is 1. The summed E-state index contributed by atoms with van der Waals surface area (Å²) < 4.78 is 0. The SMILES string of the molecule is O=C/C=C/N(Cc1ccccc1)c1ccccc1. The zero-order chi connectivity index (χ0) is 12.6. The third kappa shape index (κ3) is 3.32. The molecule has 0 unspecified atom stereocenters. The molecule has 0 fully saturated rings. The fourth-order valence-corrected chi connectivity index (χ4v) is 1.77. The van der Waals surface area contributed by atoms with Gasteiger partial charge in [-0.3, -0.25) is 4.79 Å². The molecule has 18 heavy (non-hydrogen) atoms. The van der Waals surface area contributed by atoms with Crippen molar-refractivity contribution in [2.24, 2.45) is 0 Å². The number of para-hydroxylation sites is 1. The number of carbonyl (C=O) groups excluding carboxylic acids is 1. The van der Waals surface area contributed by atoms with E-state index in [1.54, 1.807) is 6.20 Å². The molecule has 0 amide bonds. The molecule has 0 spiro atoms. The molecule has 0 aliphatic heterocycles. The maximum atomic E-state index is 10.5. The lowest BCUT2D eigenvalue weighted by Crippen LogP contribution is -2.15. The van der Waals surface area contributed by atoms with Crippen molar-refractivity contribution in [1.29, 1.82) is 0 Å². The van der Waals surface area contributed by atoms with Gasteiger partial charge in [-0.05, 0) is 23.8 Å². The Hall–Kier alpha value is -2.35.